The second-order valence-corrected chi connectivity index (χ2v) is 6.67. The Labute approximate surface area is 163 Å². The first-order chi connectivity index (χ1) is 11.1. The van der Waals surface area contributed by atoms with Crippen LogP contribution in [0.5, 0.6) is 0 Å². The fourth-order valence-corrected chi connectivity index (χ4v) is 3.44. The molecule has 1 amide bonds. The van der Waals surface area contributed by atoms with Crippen LogP contribution in [0.1, 0.15) is 34.7 Å². The smallest absolute Gasteiger partial charge is 0.256 e. The van der Waals surface area contributed by atoms with Crippen molar-refractivity contribution in [2.75, 3.05) is 13.1 Å². The Hall–Kier alpha value is -1.28. The third-order valence-electron chi connectivity index (χ3n) is 3.86. The number of pyridine rings is 1. The molecule has 1 fully saturated rings. The number of thioether (sulfide) groups is 1. The zero-order valence-electron chi connectivity index (χ0n) is 13.9. The summed E-state index contributed by atoms with van der Waals surface area (Å²) >= 11 is 1.50. The van der Waals surface area contributed by atoms with E-state index in [1.807, 2.05) is 24.0 Å². The van der Waals surface area contributed by atoms with Crippen LogP contribution in [0.4, 0.5) is 0 Å². The van der Waals surface area contributed by atoms with Crippen molar-refractivity contribution in [3.8, 4) is 0 Å². The van der Waals surface area contributed by atoms with Crippen molar-refractivity contribution in [2.24, 2.45) is 5.73 Å². The van der Waals surface area contributed by atoms with E-state index < -0.39 is 0 Å². The predicted molar refractivity (Wildman–Crippen MR) is 103 cm³/mol. The Morgan fingerprint density at radius 1 is 1.40 bits per heavy atom. The van der Waals surface area contributed by atoms with Crippen LogP contribution < -0.4 is 5.73 Å². The third-order valence-corrected chi connectivity index (χ3v) is 4.90. The lowest BCUT2D eigenvalue weighted by atomic mass is 10.1. The number of carbonyl (C=O) groups excluding carboxylic acids is 1. The first-order valence-corrected chi connectivity index (χ1v) is 8.67. The standard InChI is InChI=1S/C16H20N4O2S.2ClH/c1-11-9-13(19-22-11)10-23-15-14(3-2-6-18-15)16(21)20-7-4-12(17)5-8-20;;/h2-3,6,9,12H,4-5,7-8,10,17H2,1H3;2*1H. The van der Waals surface area contributed by atoms with Crippen molar-refractivity contribution < 1.29 is 9.32 Å². The number of nitrogens with zero attached hydrogens (tertiary/aromatic N) is 3. The minimum atomic E-state index is 0. The Kier molecular flexibility index (Phi) is 8.71. The van der Waals surface area contributed by atoms with Gasteiger partial charge >= 0.3 is 0 Å². The van der Waals surface area contributed by atoms with E-state index in [-0.39, 0.29) is 36.8 Å². The minimum absolute atomic E-state index is 0. The van der Waals surface area contributed by atoms with Crippen molar-refractivity contribution in [1.29, 1.82) is 0 Å². The molecule has 3 heterocycles. The van der Waals surface area contributed by atoms with Gasteiger partial charge in [-0.05, 0) is 31.9 Å². The largest absolute Gasteiger partial charge is 0.361 e. The number of aromatic nitrogens is 2. The van der Waals surface area contributed by atoms with E-state index >= 15 is 0 Å². The summed E-state index contributed by atoms with van der Waals surface area (Å²) in [6.45, 7) is 3.28. The number of aryl methyl sites for hydroxylation is 1. The first kappa shape index (κ1) is 21.8. The predicted octanol–water partition coefficient (Wildman–Crippen LogP) is 3.08. The molecule has 2 aromatic rings. The maximum atomic E-state index is 12.7. The monoisotopic (exact) mass is 404 g/mol. The Balaban J connectivity index is 0.00000156. The Bertz CT molecular complexity index is 690. The SMILES string of the molecule is Cc1cc(CSc2ncccc2C(=O)N2CCC(N)CC2)no1.Cl.Cl. The van der Waals surface area contributed by atoms with Crippen LogP contribution in [0.2, 0.25) is 0 Å². The lowest BCUT2D eigenvalue weighted by Crippen LogP contribution is -2.43. The zero-order valence-corrected chi connectivity index (χ0v) is 16.3. The molecule has 2 N–H and O–H groups in total. The maximum Gasteiger partial charge on any atom is 0.256 e. The van der Waals surface area contributed by atoms with Crippen LogP contribution in [0, 0.1) is 6.92 Å². The average Bonchev–Trinajstić information content (AvgIpc) is 2.99. The molecular formula is C16H22Cl2N4O2S. The van der Waals surface area contributed by atoms with E-state index in [4.69, 9.17) is 10.3 Å². The summed E-state index contributed by atoms with van der Waals surface area (Å²) < 4.78 is 5.07. The molecule has 1 aliphatic rings. The average molecular weight is 405 g/mol. The van der Waals surface area contributed by atoms with Crippen molar-refractivity contribution in [1.82, 2.24) is 15.0 Å². The number of nitrogens with two attached hydrogens (primary N) is 1. The van der Waals surface area contributed by atoms with Crippen LogP contribution in [0.3, 0.4) is 0 Å². The van der Waals surface area contributed by atoms with Gasteiger partial charge in [-0.15, -0.1) is 24.8 Å². The number of hydrogen-bond donors (Lipinski definition) is 1. The molecule has 25 heavy (non-hydrogen) atoms. The van der Waals surface area contributed by atoms with Gasteiger partial charge in [0.25, 0.3) is 5.91 Å². The van der Waals surface area contributed by atoms with E-state index in [1.54, 1.807) is 12.3 Å². The van der Waals surface area contributed by atoms with Gasteiger partial charge in [-0.25, -0.2) is 4.98 Å². The van der Waals surface area contributed by atoms with Crippen LogP contribution in [0.25, 0.3) is 0 Å². The van der Waals surface area contributed by atoms with Crippen molar-refractivity contribution in [3.05, 3.63) is 41.4 Å². The van der Waals surface area contributed by atoms with E-state index in [0.29, 0.717) is 24.4 Å². The lowest BCUT2D eigenvalue weighted by molar-refractivity contribution is 0.0710. The molecule has 2 aromatic heterocycles. The Morgan fingerprint density at radius 3 is 2.76 bits per heavy atom. The molecule has 0 radical (unpaired) electrons. The van der Waals surface area contributed by atoms with Gasteiger partial charge in [-0.1, -0.05) is 16.9 Å². The molecule has 0 atom stereocenters. The highest BCUT2D eigenvalue weighted by molar-refractivity contribution is 7.98. The molecule has 0 bridgehead atoms. The topological polar surface area (TPSA) is 85.2 Å². The molecule has 0 unspecified atom stereocenters. The number of halogens is 2. The van der Waals surface area contributed by atoms with Crippen LogP contribution >= 0.6 is 36.6 Å². The lowest BCUT2D eigenvalue weighted by Gasteiger charge is -2.30. The number of amides is 1. The molecule has 1 saturated heterocycles. The molecule has 0 saturated carbocycles. The van der Waals surface area contributed by atoms with Gasteiger partial charge in [0.2, 0.25) is 0 Å². The molecule has 0 aliphatic carbocycles. The second-order valence-electron chi connectivity index (χ2n) is 5.70. The van der Waals surface area contributed by atoms with Crippen molar-refractivity contribution in [2.45, 2.75) is 36.6 Å². The van der Waals surface area contributed by atoms with Crippen molar-refractivity contribution >= 4 is 42.5 Å². The fraction of sp³-hybridized carbons (Fsp3) is 0.438. The number of piperidine rings is 1. The van der Waals surface area contributed by atoms with Gasteiger partial charge < -0.3 is 15.2 Å². The summed E-state index contributed by atoms with van der Waals surface area (Å²) in [5.74, 6) is 1.44. The summed E-state index contributed by atoms with van der Waals surface area (Å²) in [5, 5.41) is 4.70. The van der Waals surface area contributed by atoms with Gasteiger partial charge in [-0.3, -0.25) is 4.79 Å². The number of rotatable bonds is 4. The zero-order chi connectivity index (χ0) is 16.2. The minimum Gasteiger partial charge on any atom is -0.361 e. The third kappa shape index (κ3) is 5.60. The molecular weight excluding hydrogens is 383 g/mol. The molecule has 138 valence electrons. The van der Waals surface area contributed by atoms with E-state index in [0.717, 1.165) is 29.3 Å². The summed E-state index contributed by atoms with van der Waals surface area (Å²) in [5.41, 5.74) is 7.40. The summed E-state index contributed by atoms with van der Waals surface area (Å²) in [6, 6.07) is 5.73. The molecule has 9 heteroatoms. The molecule has 0 spiro atoms. The fourth-order valence-electron chi connectivity index (χ4n) is 2.57. The number of carbonyl (C=O) groups is 1. The van der Waals surface area contributed by atoms with Gasteiger partial charge in [0.15, 0.2) is 0 Å². The number of hydrogen-bond acceptors (Lipinski definition) is 6. The van der Waals surface area contributed by atoms with Crippen LogP contribution in [0.15, 0.2) is 33.9 Å². The van der Waals surface area contributed by atoms with Crippen LogP contribution in [-0.2, 0) is 5.75 Å². The molecule has 3 rings (SSSR count). The van der Waals surface area contributed by atoms with Gasteiger partial charge in [0.1, 0.15) is 10.8 Å². The molecule has 6 nitrogen and oxygen atoms in total. The second kappa shape index (κ2) is 10.0. The highest BCUT2D eigenvalue weighted by Crippen LogP contribution is 2.25. The summed E-state index contributed by atoms with van der Waals surface area (Å²) in [7, 11) is 0. The quantitative estimate of drug-likeness (QED) is 0.787. The maximum absolute atomic E-state index is 12.7. The van der Waals surface area contributed by atoms with Crippen molar-refractivity contribution in [3.63, 3.8) is 0 Å². The first-order valence-electron chi connectivity index (χ1n) is 7.68. The van der Waals surface area contributed by atoms with Crippen LogP contribution in [-0.4, -0.2) is 40.1 Å². The van der Waals surface area contributed by atoms with Gasteiger partial charge in [-0.2, -0.15) is 0 Å². The van der Waals surface area contributed by atoms with E-state index in [9.17, 15) is 4.79 Å². The van der Waals surface area contributed by atoms with E-state index in [1.165, 1.54) is 11.8 Å². The summed E-state index contributed by atoms with van der Waals surface area (Å²) in [6.07, 6.45) is 3.42. The Morgan fingerprint density at radius 2 is 2.12 bits per heavy atom. The highest BCUT2D eigenvalue weighted by Gasteiger charge is 2.24. The normalized spacial score (nSPS) is 14.6. The highest BCUT2D eigenvalue weighted by atomic mass is 35.5. The summed E-state index contributed by atoms with van der Waals surface area (Å²) in [4.78, 5) is 19.0. The molecule has 0 aromatic carbocycles. The number of likely N-dealkylation sites (tertiary alicyclic amines) is 1. The van der Waals surface area contributed by atoms with E-state index in [2.05, 4.69) is 10.1 Å². The van der Waals surface area contributed by atoms with Gasteiger partial charge in [0.05, 0.1) is 11.3 Å². The van der Waals surface area contributed by atoms with Gasteiger partial charge in [0, 0.05) is 37.1 Å². The molecule has 1 aliphatic heterocycles.